The van der Waals surface area contributed by atoms with Crippen LogP contribution in [0.4, 0.5) is 9.59 Å². The Morgan fingerprint density at radius 3 is 2.56 bits per heavy atom. The number of nitrogens with zero attached hydrogens (tertiary/aromatic N) is 5. The van der Waals surface area contributed by atoms with Gasteiger partial charge in [-0.05, 0) is 52.9 Å². The van der Waals surface area contributed by atoms with Crippen LogP contribution in [0.3, 0.4) is 0 Å². The number of hydroxylamine groups is 2. The first-order chi connectivity index (χ1) is 16.9. The molecule has 3 aliphatic rings. The Morgan fingerprint density at radius 1 is 1.17 bits per heavy atom. The van der Waals surface area contributed by atoms with Crippen LogP contribution in [0.2, 0.25) is 0 Å². The van der Waals surface area contributed by atoms with Gasteiger partial charge in [0.1, 0.15) is 11.6 Å². The van der Waals surface area contributed by atoms with Crippen molar-refractivity contribution in [2.75, 3.05) is 13.1 Å². The van der Waals surface area contributed by atoms with Gasteiger partial charge in [-0.25, -0.2) is 9.59 Å². The van der Waals surface area contributed by atoms with E-state index in [-0.39, 0.29) is 24.6 Å². The fourth-order valence-electron chi connectivity index (χ4n) is 5.13. The largest absolute Gasteiger partial charge is 0.444 e. The highest BCUT2D eigenvalue weighted by Crippen LogP contribution is 2.38. The molecule has 13 nitrogen and oxygen atoms in total. The molecule has 202 valence electrons. The molecule has 1 N–H and O–H groups in total. The van der Waals surface area contributed by atoms with Crippen LogP contribution < -0.4 is 0 Å². The Bertz CT molecular complexity index is 1050. The van der Waals surface area contributed by atoms with Gasteiger partial charge in [0, 0.05) is 25.6 Å². The van der Waals surface area contributed by atoms with Crippen LogP contribution in [0.1, 0.15) is 90.0 Å². The highest BCUT2D eigenvalue weighted by Gasteiger charge is 2.49. The summed E-state index contributed by atoms with van der Waals surface area (Å²) in [7, 11) is -4.81. The summed E-state index contributed by atoms with van der Waals surface area (Å²) in [5, 5.41) is 8.92. The van der Waals surface area contributed by atoms with Gasteiger partial charge in [-0.3, -0.25) is 4.55 Å². The minimum absolute atomic E-state index is 0.163. The number of rotatable bonds is 8. The van der Waals surface area contributed by atoms with E-state index in [1.54, 1.807) is 0 Å². The molecule has 2 bridgehead atoms. The standard InChI is InChI=1S/C22H35N5O8S/c1-22(2,3)34-21(29)25(15-8-5-4-6-9-15)13-7-10-18-23-24-19(33-18)17-12-11-16-14-26(17)20(28)27(16)35-36(30,31)32/h15-17H,4-14H2,1-3H3,(H,30,31,32)/t16-,17+/m1/s1. The monoisotopic (exact) mass is 529 g/mol. The second kappa shape index (κ2) is 10.5. The second-order valence-corrected chi connectivity index (χ2v) is 11.6. The number of fused-ring (bicyclic) bond motifs is 2. The van der Waals surface area contributed by atoms with Crippen LogP contribution in [0.5, 0.6) is 0 Å². The van der Waals surface area contributed by atoms with E-state index in [9.17, 15) is 18.0 Å². The first kappa shape index (κ1) is 26.6. The second-order valence-electron chi connectivity index (χ2n) is 10.6. The first-order valence-corrected chi connectivity index (χ1v) is 13.9. The molecule has 0 unspecified atom stereocenters. The van der Waals surface area contributed by atoms with Crippen molar-refractivity contribution in [3.63, 3.8) is 0 Å². The van der Waals surface area contributed by atoms with Crippen LogP contribution in [-0.4, -0.2) is 80.9 Å². The summed E-state index contributed by atoms with van der Waals surface area (Å²) < 4.78 is 47.1. The maximum Gasteiger partial charge on any atom is 0.418 e. The minimum atomic E-state index is -4.81. The quantitative estimate of drug-likeness (QED) is 0.496. The molecule has 1 saturated carbocycles. The van der Waals surface area contributed by atoms with E-state index in [2.05, 4.69) is 14.5 Å². The molecule has 1 aromatic heterocycles. The molecular formula is C22H35N5O8S. The molecule has 0 spiro atoms. The fraction of sp³-hybridized carbons (Fsp3) is 0.818. The lowest BCUT2D eigenvalue weighted by Gasteiger charge is -2.35. The Kier molecular flexibility index (Phi) is 7.76. The van der Waals surface area contributed by atoms with Gasteiger partial charge in [0.15, 0.2) is 0 Å². The van der Waals surface area contributed by atoms with Crippen LogP contribution >= 0.6 is 0 Å². The molecule has 2 aliphatic heterocycles. The number of aryl methyl sites for hydroxylation is 1. The molecule has 0 aromatic carbocycles. The number of urea groups is 1. The summed E-state index contributed by atoms with van der Waals surface area (Å²) in [6, 6.07) is -1.52. The fourth-order valence-corrected chi connectivity index (χ4v) is 5.52. The summed E-state index contributed by atoms with van der Waals surface area (Å²) in [5.74, 6) is 0.666. The average Bonchev–Trinajstić information content (AvgIpc) is 3.35. The predicted molar refractivity (Wildman–Crippen MR) is 125 cm³/mol. The van der Waals surface area contributed by atoms with Crippen LogP contribution in [0.15, 0.2) is 4.42 Å². The van der Waals surface area contributed by atoms with Crippen molar-refractivity contribution in [3.8, 4) is 0 Å². The molecule has 1 aliphatic carbocycles. The van der Waals surface area contributed by atoms with Gasteiger partial charge in [-0.15, -0.1) is 14.5 Å². The number of ether oxygens (including phenoxy) is 1. The number of carbonyl (C=O) groups is 2. The van der Waals surface area contributed by atoms with Crippen LogP contribution in [0.25, 0.3) is 0 Å². The zero-order valence-corrected chi connectivity index (χ0v) is 21.8. The molecule has 1 aromatic rings. The highest BCUT2D eigenvalue weighted by molar-refractivity contribution is 7.80. The van der Waals surface area contributed by atoms with Gasteiger partial charge in [0.2, 0.25) is 11.8 Å². The smallest absolute Gasteiger partial charge is 0.418 e. The van der Waals surface area contributed by atoms with Crippen molar-refractivity contribution < 1.29 is 36.0 Å². The number of hydrogen-bond acceptors (Lipinski definition) is 9. The first-order valence-electron chi connectivity index (χ1n) is 12.5. The Morgan fingerprint density at radius 2 is 1.89 bits per heavy atom. The van der Waals surface area contributed by atoms with Gasteiger partial charge in [-0.2, -0.15) is 13.5 Å². The number of piperidine rings is 1. The Balaban J connectivity index is 1.35. The summed E-state index contributed by atoms with van der Waals surface area (Å²) >= 11 is 0. The molecule has 4 rings (SSSR count). The molecular weight excluding hydrogens is 494 g/mol. The van der Waals surface area contributed by atoms with E-state index in [1.807, 2.05) is 25.7 Å². The summed E-state index contributed by atoms with van der Waals surface area (Å²) in [5.41, 5.74) is -0.570. The molecule has 36 heavy (non-hydrogen) atoms. The third kappa shape index (κ3) is 6.45. The number of carbonyl (C=O) groups excluding carboxylic acids is 2. The Labute approximate surface area is 211 Å². The maximum absolute atomic E-state index is 12.9. The minimum Gasteiger partial charge on any atom is -0.444 e. The van der Waals surface area contributed by atoms with E-state index >= 15 is 0 Å². The van der Waals surface area contributed by atoms with Crippen molar-refractivity contribution in [3.05, 3.63) is 11.8 Å². The lowest BCUT2D eigenvalue weighted by molar-refractivity contribution is -0.0317. The van der Waals surface area contributed by atoms with Crippen molar-refractivity contribution in [1.82, 2.24) is 25.1 Å². The third-order valence-corrected chi connectivity index (χ3v) is 7.05. The van der Waals surface area contributed by atoms with E-state index in [0.29, 0.717) is 43.2 Å². The zero-order chi connectivity index (χ0) is 26.1. The normalized spacial score (nSPS) is 23.3. The summed E-state index contributed by atoms with van der Waals surface area (Å²) in [6.07, 6.45) is 7.02. The van der Waals surface area contributed by atoms with Gasteiger partial charge >= 0.3 is 22.5 Å². The lowest BCUT2D eigenvalue weighted by Crippen LogP contribution is -2.44. The van der Waals surface area contributed by atoms with Gasteiger partial charge < -0.3 is 19.0 Å². The van der Waals surface area contributed by atoms with Gasteiger partial charge in [-0.1, -0.05) is 19.3 Å². The zero-order valence-electron chi connectivity index (χ0n) is 21.0. The van der Waals surface area contributed by atoms with Crippen molar-refractivity contribution in [1.29, 1.82) is 0 Å². The molecule has 3 amide bonds. The van der Waals surface area contributed by atoms with Crippen molar-refractivity contribution in [2.24, 2.45) is 0 Å². The van der Waals surface area contributed by atoms with Crippen LogP contribution in [-0.2, 0) is 25.8 Å². The molecule has 3 fully saturated rings. The third-order valence-electron chi connectivity index (χ3n) is 6.70. The van der Waals surface area contributed by atoms with Gasteiger partial charge in [0.05, 0.1) is 6.04 Å². The molecule has 0 radical (unpaired) electrons. The predicted octanol–water partition coefficient (Wildman–Crippen LogP) is 3.25. The molecule has 3 heterocycles. The number of aromatic nitrogens is 2. The van der Waals surface area contributed by atoms with E-state index in [4.69, 9.17) is 13.7 Å². The summed E-state index contributed by atoms with van der Waals surface area (Å²) in [4.78, 5) is 28.7. The molecule has 2 saturated heterocycles. The molecule has 2 atom stereocenters. The highest BCUT2D eigenvalue weighted by atomic mass is 32.3. The lowest BCUT2D eigenvalue weighted by atomic mass is 9.94. The SMILES string of the molecule is CC(C)(C)OC(=O)N(CCCc1nnc([C@@H]2CC[C@@H]3CN2C(=O)N3OS(=O)(=O)O)o1)C1CCCCC1. The van der Waals surface area contributed by atoms with E-state index in [1.165, 1.54) is 11.3 Å². The van der Waals surface area contributed by atoms with Gasteiger partial charge in [0.25, 0.3) is 0 Å². The summed E-state index contributed by atoms with van der Waals surface area (Å²) in [6.45, 7) is 6.31. The van der Waals surface area contributed by atoms with Crippen molar-refractivity contribution in [2.45, 2.75) is 102 Å². The number of hydrogen-bond donors (Lipinski definition) is 1. The van der Waals surface area contributed by atoms with Crippen molar-refractivity contribution >= 4 is 22.5 Å². The van der Waals surface area contributed by atoms with E-state index < -0.39 is 34.1 Å². The number of amides is 3. The topological polar surface area (TPSA) is 156 Å². The van der Waals surface area contributed by atoms with Crippen LogP contribution in [0, 0.1) is 0 Å². The Hall–Kier alpha value is -2.45. The molecule has 14 heteroatoms. The maximum atomic E-state index is 12.9. The average molecular weight is 530 g/mol. The van der Waals surface area contributed by atoms with E-state index in [0.717, 1.165) is 25.7 Å².